The lowest BCUT2D eigenvalue weighted by molar-refractivity contribution is -0.126. The van der Waals surface area contributed by atoms with Gasteiger partial charge < -0.3 is 15.4 Å². The van der Waals surface area contributed by atoms with Gasteiger partial charge in [0.1, 0.15) is 0 Å². The van der Waals surface area contributed by atoms with Crippen molar-refractivity contribution in [3.63, 3.8) is 0 Å². The van der Waals surface area contributed by atoms with Gasteiger partial charge in [0, 0.05) is 11.1 Å². The Hall–Kier alpha value is -1.10. The van der Waals surface area contributed by atoms with Gasteiger partial charge in [-0.05, 0) is 25.6 Å². The fourth-order valence-electron chi connectivity index (χ4n) is 2.32. The van der Waals surface area contributed by atoms with E-state index in [9.17, 15) is 4.79 Å². The van der Waals surface area contributed by atoms with E-state index in [-0.39, 0.29) is 23.9 Å². The van der Waals surface area contributed by atoms with Gasteiger partial charge in [-0.3, -0.25) is 4.79 Å². The molecule has 104 valence electrons. The number of amides is 1. The van der Waals surface area contributed by atoms with Crippen LogP contribution in [0.3, 0.4) is 0 Å². The number of benzene rings is 1. The molecule has 1 aliphatic heterocycles. The summed E-state index contributed by atoms with van der Waals surface area (Å²) >= 11 is 6.13. The highest BCUT2D eigenvalue weighted by Gasteiger charge is 2.33. The van der Waals surface area contributed by atoms with Gasteiger partial charge >= 0.3 is 0 Å². The van der Waals surface area contributed by atoms with Gasteiger partial charge in [-0.15, -0.1) is 0 Å². The molecule has 0 bridgehead atoms. The van der Waals surface area contributed by atoms with Gasteiger partial charge in [0.25, 0.3) is 0 Å². The maximum atomic E-state index is 12.2. The lowest BCUT2D eigenvalue weighted by Gasteiger charge is -2.21. The van der Waals surface area contributed by atoms with E-state index < -0.39 is 0 Å². The van der Waals surface area contributed by atoms with Crippen LogP contribution >= 0.6 is 11.6 Å². The van der Waals surface area contributed by atoms with Gasteiger partial charge in [-0.2, -0.15) is 0 Å². The number of ether oxygens (including phenoxy) is 1. The number of nitrogens with one attached hydrogen (secondary N) is 2. The second-order valence-corrected chi connectivity index (χ2v) is 5.20. The Bertz CT molecular complexity index is 453. The first-order valence-corrected chi connectivity index (χ1v) is 6.81. The van der Waals surface area contributed by atoms with Gasteiger partial charge in [0.15, 0.2) is 0 Å². The minimum absolute atomic E-state index is 0.00395. The van der Waals surface area contributed by atoms with Crippen molar-refractivity contribution < 1.29 is 9.53 Å². The first kappa shape index (κ1) is 14.3. The van der Waals surface area contributed by atoms with Crippen molar-refractivity contribution in [2.75, 3.05) is 20.3 Å². The number of hydrogen-bond acceptors (Lipinski definition) is 3. The third kappa shape index (κ3) is 3.26. The zero-order chi connectivity index (χ0) is 13.8. The van der Waals surface area contributed by atoms with Crippen molar-refractivity contribution in [1.29, 1.82) is 0 Å². The monoisotopic (exact) mass is 282 g/mol. The van der Waals surface area contributed by atoms with Crippen molar-refractivity contribution in [2.24, 2.45) is 5.92 Å². The molecule has 0 spiro atoms. The fraction of sp³-hybridized carbons (Fsp3) is 0.500. The Balaban J connectivity index is 2.01. The van der Waals surface area contributed by atoms with Crippen LogP contribution in [0.5, 0.6) is 0 Å². The third-order valence-corrected chi connectivity index (χ3v) is 3.86. The molecule has 4 nitrogen and oxygen atoms in total. The molecule has 3 unspecified atom stereocenters. The summed E-state index contributed by atoms with van der Waals surface area (Å²) in [6, 6.07) is 7.52. The smallest absolute Gasteiger partial charge is 0.227 e. The summed E-state index contributed by atoms with van der Waals surface area (Å²) in [5, 5.41) is 6.78. The van der Waals surface area contributed by atoms with Crippen LogP contribution in [0.25, 0.3) is 0 Å². The molecule has 5 heteroatoms. The second kappa shape index (κ2) is 6.37. The number of hydrogen-bond donors (Lipinski definition) is 2. The number of carbonyl (C=O) groups excluding carboxylic acids is 1. The summed E-state index contributed by atoms with van der Waals surface area (Å²) in [5.41, 5.74) is 0.928. The molecule has 0 radical (unpaired) electrons. The standard InChI is InChI=1S/C14H19ClN2O2/c1-9(10-5-3-4-6-12(10)15)17-14(18)11-7-19-8-13(11)16-2/h3-6,9,11,13,16H,7-8H2,1-2H3,(H,17,18). The predicted octanol–water partition coefficient (Wildman–Crippen LogP) is 1.75. The topological polar surface area (TPSA) is 50.4 Å². The molecule has 1 saturated heterocycles. The van der Waals surface area contributed by atoms with Crippen LogP contribution in [0.15, 0.2) is 24.3 Å². The van der Waals surface area contributed by atoms with Crippen LogP contribution in [0.1, 0.15) is 18.5 Å². The molecule has 0 saturated carbocycles. The Morgan fingerprint density at radius 1 is 1.42 bits per heavy atom. The molecule has 1 fully saturated rings. The van der Waals surface area contributed by atoms with Crippen molar-refractivity contribution in [2.45, 2.75) is 19.0 Å². The Labute approximate surface area is 118 Å². The van der Waals surface area contributed by atoms with Crippen LogP contribution in [-0.4, -0.2) is 32.2 Å². The zero-order valence-corrected chi connectivity index (χ0v) is 11.9. The van der Waals surface area contributed by atoms with E-state index in [1.54, 1.807) is 0 Å². The predicted molar refractivity (Wildman–Crippen MR) is 75.2 cm³/mol. The first-order valence-electron chi connectivity index (χ1n) is 6.43. The lowest BCUT2D eigenvalue weighted by atomic mass is 10.0. The number of halogens is 1. The number of carbonyl (C=O) groups is 1. The van der Waals surface area contributed by atoms with Crippen LogP contribution in [0.4, 0.5) is 0 Å². The quantitative estimate of drug-likeness (QED) is 0.885. The van der Waals surface area contributed by atoms with Gasteiger partial charge in [0.05, 0.1) is 25.2 Å². The normalized spacial score (nSPS) is 24.2. The number of likely N-dealkylation sites (N-methyl/N-ethyl adjacent to an activating group) is 1. The molecule has 3 atom stereocenters. The fourth-order valence-corrected chi connectivity index (χ4v) is 2.62. The van der Waals surface area contributed by atoms with Crippen LogP contribution in [0, 0.1) is 5.92 Å². The largest absolute Gasteiger partial charge is 0.379 e. The van der Waals surface area contributed by atoms with Gasteiger partial charge in [-0.1, -0.05) is 29.8 Å². The molecule has 19 heavy (non-hydrogen) atoms. The van der Waals surface area contributed by atoms with E-state index in [1.807, 2.05) is 38.2 Å². The van der Waals surface area contributed by atoms with Crippen LogP contribution in [-0.2, 0) is 9.53 Å². The number of rotatable bonds is 4. The van der Waals surface area contributed by atoms with Gasteiger partial charge in [0.2, 0.25) is 5.91 Å². The van der Waals surface area contributed by atoms with Crippen molar-refractivity contribution in [3.8, 4) is 0 Å². The third-order valence-electron chi connectivity index (χ3n) is 3.52. The molecule has 1 aromatic carbocycles. The van der Waals surface area contributed by atoms with E-state index >= 15 is 0 Å². The maximum Gasteiger partial charge on any atom is 0.227 e. The Kier molecular flexibility index (Phi) is 4.80. The van der Waals surface area contributed by atoms with E-state index in [4.69, 9.17) is 16.3 Å². The highest BCUT2D eigenvalue weighted by atomic mass is 35.5. The minimum atomic E-state index is -0.144. The zero-order valence-electron chi connectivity index (χ0n) is 11.2. The molecular weight excluding hydrogens is 264 g/mol. The molecule has 0 aliphatic carbocycles. The Morgan fingerprint density at radius 3 is 2.84 bits per heavy atom. The molecule has 2 N–H and O–H groups in total. The minimum Gasteiger partial charge on any atom is -0.379 e. The Morgan fingerprint density at radius 2 is 2.16 bits per heavy atom. The van der Waals surface area contributed by atoms with E-state index in [1.165, 1.54) is 0 Å². The molecule has 1 aromatic rings. The summed E-state index contributed by atoms with van der Waals surface area (Å²) in [4.78, 5) is 12.2. The van der Waals surface area contributed by atoms with E-state index in [2.05, 4.69) is 10.6 Å². The molecular formula is C14H19ClN2O2. The van der Waals surface area contributed by atoms with Crippen molar-refractivity contribution >= 4 is 17.5 Å². The lowest BCUT2D eigenvalue weighted by Crippen LogP contribution is -2.43. The van der Waals surface area contributed by atoms with Crippen LogP contribution < -0.4 is 10.6 Å². The summed E-state index contributed by atoms with van der Waals surface area (Å²) < 4.78 is 5.34. The molecule has 1 amide bonds. The molecule has 1 heterocycles. The average Bonchev–Trinajstić information content (AvgIpc) is 2.87. The van der Waals surface area contributed by atoms with Crippen molar-refractivity contribution in [1.82, 2.24) is 10.6 Å². The summed E-state index contributed by atoms with van der Waals surface area (Å²) in [6.45, 7) is 2.98. The summed E-state index contributed by atoms with van der Waals surface area (Å²) in [6.07, 6.45) is 0. The SMILES string of the molecule is CNC1COCC1C(=O)NC(C)c1ccccc1Cl. The van der Waals surface area contributed by atoms with Crippen LogP contribution in [0.2, 0.25) is 5.02 Å². The maximum absolute atomic E-state index is 12.2. The molecule has 0 aromatic heterocycles. The van der Waals surface area contributed by atoms with E-state index in [0.717, 1.165) is 5.56 Å². The highest BCUT2D eigenvalue weighted by Crippen LogP contribution is 2.23. The van der Waals surface area contributed by atoms with Crippen molar-refractivity contribution in [3.05, 3.63) is 34.9 Å². The van der Waals surface area contributed by atoms with E-state index in [0.29, 0.717) is 18.2 Å². The molecule has 2 rings (SSSR count). The second-order valence-electron chi connectivity index (χ2n) is 4.79. The average molecular weight is 283 g/mol. The molecule has 1 aliphatic rings. The highest BCUT2D eigenvalue weighted by molar-refractivity contribution is 6.31. The summed E-state index contributed by atoms with van der Waals surface area (Å²) in [7, 11) is 1.84. The summed E-state index contributed by atoms with van der Waals surface area (Å²) in [5.74, 6) is -0.140. The van der Waals surface area contributed by atoms with Gasteiger partial charge in [-0.25, -0.2) is 0 Å². The first-order chi connectivity index (χ1) is 9.13.